The van der Waals surface area contributed by atoms with Crippen LogP contribution >= 0.6 is 11.6 Å². The molecule has 3 aliphatic rings. The van der Waals surface area contributed by atoms with Gasteiger partial charge in [-0.25, -0.2) is 4.79 Å². The van der Waals surface area contributed by atoms with Gasteiger partial charge in [-0.05, 0) is 48.7 Å². The lowest BCUT2D eigenvalue weighted by Gasteiger charge is -2.47. The molecule has 2 aromatic rings. The van der Waals surface area contributed by atoms with Crippen molar-refractivity contribution in [3.05, 3.63) is 64.2 Å². The van der Waals surface area contributed by atoms with Crippen molar-refractivity contribution < 1.29 is 39.1 Å². The van der Waals surface area contributed by atoms with Gasteiger partial charge in [0.2, 0.25) is 5.79 Å². The first-order valence-electron chi connectivity index (χ1n) is 11.1. The average Bonchev–Trinajstić information content (AvgIpc) is 3.44. The molecule has 34 heavy (non-hydrogen) atoms. The molecular weight excluding hydrogens is 466 g/mol. The van der Waals surface area contributed by atoms with E-state index in [0.29, 0.717) is 23.6 Å². The van der Waals surface area contributed by atoms with Gasteiger partial charge in [-0.1, -0.05) is 29.8 Å². The highest BCUT2D eigenvalue weighted by atomic mass is 35.5. The number of alkyl carbamates (subject to hydrolysis) is 1. The number of hydrogen-bond acceptors (Lipinski definition) is 8. The third kappa shape index (κ3) is 3.64. The molecule has 5 rings (SSSR count). The zero-order chi connectivity index (χ0) is 24.1. The molecule has 1 unspecified atom stereocenters. The van der Waals surface area contributed by atoms with Crippen LogP contribution in [0.4, 0.5) is 4.79 Å². The molecule has 0 aliphatic carbocycles. The normalized spacial score (nSPS) is 34.6. The first-order chi connectivity index (χ1) is 16.3. The largest absolute Gasteiger partial charge is 0.494 e. The van der Waals surface area contributed by atoms with Crippen molar-refractivity contribution in [3.8, 4) is 5.75 Å². The van der Waals surface area contributed by atoms with Crippen molar-refractivity contribution in [1.29, 1.82) is 0 Å². The number of ether oxygens (including phenoxy) is 4. The zero-order valence-electron chi connectivity index (χ0n) is 18.4. The molecule has 3 fully saturated rings. The van der Waals surface area contributed by atoms with Crippen molar-refractivity contribution in [2.75, 3.05) is 19.8 Å². The molecule has 3 heterocycles. The van der Waals surface area contributed by atoms with Crippen molar-refractivity contribution >= 4 is 17.7 Å². The maximum absolute atomic E-state index is 11.6. The van der Waals surface area contributed by atoms with Crippen LogP contribution in [0.1, 0.15) is 23.6 Å². The van der Waals surface area contributed by atoms with Crippen LogP contribution in [0.3, 0.4) is 0 Å². The highest BCUT2D eigenvalue weighted by Gasteiger charge is 2.71. The van der Waals surface area contributed by atoms with Gasteiger partial charge in [-0.15, -0.1) is 0 Å². The lowest BCUT2D eigenvalue weighted by atomic mass is 9.80. The second kappa shape index (κ2) is 8.67. The molecule has 6 atom stereocenters. The maximum atomic E-state index is 11.6. The van der Waals surface area contributed by atoms with E-state index in [1.54, 1.807) is 18.2 Å². The summed E-state index contributed by atoms with van der Waals surface area (Å²) in [4.78, 5) is 11.6. The summed E-state index contributed by atoms with van der Waals surface area (Å²) in [7, 11) is 0. The average molecular weight is 492 g/mol. The Hall–Kier alpha value is -2.40. The predicted octanol–water partition coefficient (Wildman–Crippen LogP) is 1.47. The van der Waals surface area contributed by atoms with E-state index in [-0.39, 0.29) is 13.2 Å². The summed E-state index contributed by atoms with van der Waals surface area (Å²) in [5.41, 5.74) is 0.623. The molecule has 0 aromatic heterocycles. The number of cyclic esters (lactones) is 1. The zero-order valence-corrected chi connectivity index (χ0v) is 19.2. The summed E-state index contributed by atoms with van der Waals surface area (Å²) < 4.78 is 22.9. The van der Waals surface area contributed by atoms with Gasteiger partial charge in [0.25, 0.3) is 0 Å². The number of rotatable bonds is 6. The quantitative estimate of drug-likeness (QED) is 0.478. The van der Waals surface area contributed by atoms with Crippen LogP contribution in [-0.2, 0) is 26.4 Å². The summed E-state index contributed by atoms with van der Waals surface area (Å²) >= 11 is 6.48. The predicted molar refractivity (Wildman–Crippen MR) is 120 cm³/mol. The number of halogens is 1. The molecule has 4 N–H and O–H groups in total. The number of carbonyl (C=O) groups excluding carboxylic acids is 1. The minimum atomic E-state index is -1.77. The van der Waals surface area contributed by atoms with Gasteiger partial charge in [0.1, 0.15) is 24.1 Å². The number of hydrogen-bond donors (Lipinski definition) is 4. The summed E-state index contributed by atoms with van der Waals surface area (Å²) in [5, 5.41) is 35.5. The number of amides is 1. The van der Waals surface area contributed by atoms with Gasteiger partial charge < -0.3 is 39.6 Å². The van der Waals surface area contributed by atoms with Crippen LogP contribution in [0.15, 0.2) is 42.5 Å². The van der Waals surface area contributed by atoms with Crippen LogP contribution in [0.5, 0.6) is 5.75 Å². The molecule has 10 heteroatoms. The van der Waals surface area contributed by atoms with Crippen LogP contribution < -0.4 is 10.1 Å². The van der Waals surface area contributed by atoms with Crippen LogP contribution in [-0.4, -0.2) is 71.2 Å². The second-order valence-corrected chi connectivity index (χ2v) is 9.14. The standard InChI is InChI=1S/C24H26ClNO8/c1-2-31-16-6-3-13(4-7-16)9-14-10-15(5-8-17(14)25)24-21(29)19(27)20(28)23(34-24,12-32-24)18-11-26-22(30)33-18/h3-8,10,18-21,27-29H,2,9,11-12H2,1H3,(H,26,30)/t18?,19-,20-,21+,23+,24-/m0/s1. The lowest BCUT2D eigenvalue weighted by molar-refractivity contribution is -0.335. The van der Waals surface area contributed by atoms with E-state index < -0.39 is 41.9 Å². The van der Waals surface area contributed by atoms with E-state index in [1.807, 2.05) is 31.2 Å². The number of benzene rings is 2. The van der Waals surface area contributed by atoms with Crippen LogP contribution in [0.2, 0.25) is 5.02 Å². The molecule has 0 spiro atoms. The molecule has 3 aliphatic heterocycles. The summed E-state index contributed by atoms with van der Waals surface area (Å²) in [6.07, 6.45) is -5.80. The first kappa shape index (κ1) is 23.3. The maximum Gasteiger partial charge on any atom is 0.407 e. The molecule has 0 radical (unpaired) electrons. The Kier molecular flexibility index (Phi) is 5.96. The summed E-state index contributed by atoms with van der Waals surface area (Å²) in [6, 6.07) is 12.7. The number of aliphatic hydroxyl groups is 3. The van der Waals surface area contributed by atoms with Gasteiger partial charge in [-0.3, -0.25) is 0 Å². The Morgan fingerprint density at radius 2 is 1.91 bits per heavy atom. The minimum absolute atomic E-state index is 0.0712. The molecule has 2 bridgehead atoms. The molecule has 2 aromatic carbocycles. The molecule has 1 amide bonds. The van der Waals surface area contributed by atoms with E-state index in [1.165, 1.54) is 0 Å². The molecule has 9 nitrogen and oxygen atoms in total. The first-order valence-corrected chi connectivity index (χ1v) is 11.5. The second-order valence-electron chi connectivity index (χ2n) is 8.73. The fraction of sp³-hybridized carbons (Fsp3) is 0.458. The van der Waals surface area contributed by atoms with E-state index in [4.69, 9.17) is 30.5 Å². The Balaban J connectivity index is 1.47. The highest BCUT2D eigenvalue weighted by Crippen LogP contribution is 2.52. The monoisotopic (exact) mass is 491 g/mol. The van der Waals surface area contributed by atoms with Crippen molar-refractivity contribution in [3.63, 3.8) is 0 Å². The third-order valence-corrected chi connectivity index (χ3v) is 7.06. The van der Waals surface area contributed by atoms with Gasteiger partial charge in [-0.2, -0.15) is 0 Å². The van der Waals surface area contributed by atoms with E-state index in [9.17, 15) is 20.1 Å². The van der Waals surface area contributed by atoms with Gasteiger partial charge in [0.15, 0.2) is 11.7 Å². The number of aliphatic hydroxyl groups excluding tert-OH is 3. The Morgan fingerprint density at radius 1 is 1.15 bits per heavy atom. The van der Waals surface area contributed by atoms with Gasteiger partial charge in [0, 0.05) is 10.6 Å². The molecular formula is C24H26ClNO8. The Bertz CT molecular complexity index is 1080. The minimum Gasteiger partial charge on any atom is -0.494 e. The van der Waals surface area contributed by atoms with E-state index >= 15 is 0 Å². The molecule has 0 saturated carbocycles. The topological polar surface area (TPSA) is 127 Å². The SMILES string of the molecule is CCOc1ccc(Cc2cc([C@]34OC[C@](C5CNC(=O)O5)(O3)[C@@H](O)[C@H](O)[C@H]4O)ccc2Cl)cc1. The van der Waals surface area contributed by atoms with Crippen LogP contribution in [0.25, 0.3) is 0 Å². The number of carbonyl (C=O) groups is 1. The summed E-state index contributed by atoms with van der Waals surface area (Å²) in [5.74, 6) is -1.000. The molecule has 182 valence electrons. The van der Waals surface area contributed by atoms with E-state index in [2.05, 4.69) is 5.32 Å². The number of fused-ring (bicyclic) bond motifs is 2. The van der Waals surface area contributed by atoms with Crippen molar-refractivity contribution in [1.82, 2.24) is 5.32 Å². The lowest BCUT2D eigenvalue weighted by Crippen LogP contribution is -2.68. The smallest absolute Gasteiger partial charge is 0.407 e. The third-order valence-electron chi connectivity index (χ3n) is 6.69. The van der Waals surface area contributed by atoms with Crippen molar-refractivity contribution in [2.45, 2.75) is 49.1 Å². The van der Waals surface area contributed by atoms with Crippen LogP contribution in [0, 0.1) is 0 Å². The van der Waals surface area contributed by atoms with Gasteiger partial charge in [0.05, 0.1) is 19.8 Å². The number of nitrogens with one attached hydrogen (secondary N) is 1. The van der Waals surface area contributed by atoms with Gasteiger partial charge >= 0.3 is 6.09 Å². The Morgan fingerprint density at radius 3 is 2.59 bits per heavy atom. The highest BCUT2D eigenvalue weighted by molar-refractivity contribution is 6.31. The Labute approximate surface area is 201 Å². The van der Waals surface area contributed by atoms with Crippen molar-refractivity contribution in [2.24, 2.45) is 0 Å². The fourth-order valence-electron chi connectivity index (χ4n) is 4.88. The fourth-order valence-corrected chi connectivity index (χ4v) is 5.06. The molecule has 3 saturated heterocycles. The summed E-state index contributed by atoms with van der Waals surface area (Å²) in [6.45, 7) is 2.37. The van der Waals surface area contributed by atoms with E-state index in [0.717, 1.165) is 16.9 Å².